The van der Waals surface area contributed by atoms with Gasteiger partial charge in [0.25, 0.3) is 0 Å². The predicted molar refractivity (Wildman–Crippen MR) is 114 cm³/mol. The molecule has 0 aliphatic heterocycles. The van der Waals surface area contributed by atoms with Gasteiger partial charge in [0.05, 0.1) is 19.0 Å². The van der Waals surface area contributed by atoms with Crippen molar-refractivity contribution in [2.75, 3.05) is 12.4 Å². The summed E-state index contributed by atoms with van der Waals surface area (Å²) in [5, 5.41) is 25.1. The van der Waals surface area contributed by atoms with Gasteiger partial charge in [-0.25, -0.2) is 9.78 Å². The summed E-state index contributed by atoms with van der Waals surface area (Å²) in [6.45, 7) is 3.00. The highest BCUT2D eigenvalue weighted by Crippen LogP contribution is 2.05. The highest BCUT2D eigenvalue weighted by molar-refractivity contribution is 7.80. The van der Waals surface area contributed by atoms with Crippen molar-refractivity contribution in [1.82, 2.24) is 25.9 Å². The first kappa shape index (κ1) is 26.4. The topological polar surface area (TPSA) is 200 Å². The van der Waals surface area contributed by atoms with Gasteiger partial charge in [0.1, 0.15) is 18.1 Å². The van der Waals surface area contributed by atoms with Gasteiger partial charge in [0, 0.05) is 24.1 Å². The molecule has 0 spiro atoms. The molecule has 0 aliphatic rings. The van der Waals surface area contributed by atoms with E-state index in [0.29, 0.717) is 12.1 Å². The summed E-state index contributed by atoms with van der Waals surface area (Å²) in [5.41, 5.74) is 6.46. The Morgan fingerprint density at radius 3 is 2.16 bits per heavy atom. The number of aromatic amines is 1. The highest BCUT2D eigenvalue weighted by Gasteiger charge is 2.30. The number of hydrogen-bond donors (Lipinski definition) is 8. The number of aliphatic hydroxyl groups excluding tert-OH is 1. The Hall–Kier alpha value is -2.64. The lowest BCUT2D eigenvalue weighted by Gasteiger charge is -2.24. The van der Waals surface area contributed by atoms with Crippen molar-refractivity contribution in [2.24, 2.45) is 11.7 Å². The Balaban J connectivity index is 2.90. The summed E-state index contributed by atoms with van der Waals surface area (Å²) in [6.07, 6.45) is 3.38. The van der Waals surface area contributed by atoms with E-state index in [9.17, 15) is 19.2 Å². The van der Waals surface area contributed by atoms with Gasteiger partial charge in [-0.1, -0.05) is 13.8 Å². The number of hydrogen-bond acceptors (Lipinski definition) is 8. The van der Waals surface area contributed by atoms with Gasteiger partial charge in [0.15, 0.2) is 0 Å². The fourth-order valence-corrected chi connectivity index (χ4v) is 2.90. The fraction of sp³-hybridized carbons (Fsp3) is 0.611. The number of thiol groups is 1. The quantitative estimate of drug-likeness (QED) is 0.152. The third kappa shape index (κ3) is 8.94. The van der Waals surface area contributed by atoms with E-state index >= 15 is 0 Å². The first-order valence-electron chi connectivity index (χ1n) is 9.67. The van der Waals surface area contributed by atoms with Crippen LogP contribution < -0.4 is 21.7 Å². The second-order valence-corrected chi connectivity index (χ2v) is 7.77. The van der Waals surface area contributed by atoms with Gasteiger partial charge in [-0.2, -0.15) is 12.6 Å². The molecule has 4 unspecified atom stereocenters. The molecule has 1 aromatic rings. The predicted octanol–water partition coefficient (Wildman–Crippen LogP) is -2.21. The third-order valence-corrected chi connectivity index (χ3v) is 4.65. The molecule has 0 aromatic carbocycles. The molecule has 3 amide bonds. The van der Waals surface area contributed by atoms with E-state index in [4.69, 9.17) is 15.9 Å². The van der Waals surface area contributed by atoms with Crippen molar-refractivity contribution in [3.8, 4) is 0 Å². The molecule has 0 bridgehead atoms. The number of aromatic nitrogens is 2. The Labute approximate surface area is 185 Å². The molecule has 13 heteroatoms. The van der Waals surface area contributed by atoms with Crippen molar-refractivity contribution >= 4 is 36.3 Å². The van der Waals surface area contributed by atoms with E-state index in [1.54, 1.807) is 0 Å². The Morgan fingerprint density at radius 1 is 1.10 bits per heavy atom. The summed E-state index contributed by atoms with van der Waals surface area (Å²) in [5.74, 6) is -3.45. The van der Waals surface area contributed by atoms with Crippen molar-refractivity contribution in [2.45, 2.75) is 50.9 Å². The number of nitrogens with one attached hydrogen (secondary N) is 4. The average Bonchev–Trinajstić information content (AvgIpc) is 3.21. The number of aliphatic carboxylic acids is 1. The van der Waals surface area contributed by atoms with E-state index < -0.39 is 54.5 Å². The Kier molecular flexibility index (Phi) is 11.0. The number of carbonyl (C=O) groups excluding carboxylic acids is 3. The molecule has 174 valence electrons. The maximum Gasteiger partial charge on any atom is 0.328 e. The second-order valence-electron chi connectivity index (χ2n) is 7.40. The minimum absolute atomic E-state index is 0.0568. The van der Waals surface area contributed by atoms with Crippen LogP contribution in [0.1, 0.15) is 26.0 Å². The minimum atomic E-state index is -1.53. The van der Waals surface area contributed by atoms with E-state index in [-0.39, 0.29) is 18.1 Å². The average molecular weight is 459 g/mol. The summed E-state index contributed by atoms with van der Waals surface area (Å²) >= 11 is 4.02. The lowest BCUT2D eigenvalue weighted by atomic mass is 10.0. The maximum absolute atomic E-state index is 12.8. The number of carboxylic acids is 1. The van der Waals surface area contributed by atoms with Gasteiger partial charge in [-0.05, 0) is 12.3 Å². The molecule has 31 heavy (non-hydrogen) atoms. The van der Waals surface area contributed by atoms with Crippen LogP contribution in [0.5, 0.6) is 0 Å². The highest BCUT2D eigenvalue weighted by atomic mass is 32.1. The number of nitrogens with zero attached hydrogens (tertiary/aromatic N) is 1. The van der Waals surface area contributed by atoms with Gasteiger partial charge < -0.3 is 36.9 Å². The first-order valence-corrected chi connectivity index (χ1v) is 10.3. The fourth-order valence-electron chi connectivity index (χ4n) is 2.64. The Bertz CT molecular complexity index is 744. The van der Waals surface area contributed by atoms with E-state index in [0.717, 1.165) is 0 Å². The van der Waals surface area contributed by atoms with E-state index in [1.807, 2.05) is 13.8 Å². The minimum Gasteiger partial charge on any atom is -0.480 e. The summed E-state index contributed by atoms with van der Waals surface area (Å²) in [4.78, 5) is 55.3. The Morgan fingerprint density at radius 2 is 1.68 bits per heavy atom. The van der Waals surface area contributed by atoms with Crippen LogP contribution in [-0.2, 0) is 25.6 Å². The van der Waals surface area contributed by atoms with Gasteiger partial charge in [-0.15, -0.1) is 0 Å². The molecule has 0 aliphatic carbocycles. The molecule has 1 rings (SSSR count). The van der Waals surface area contributed by atoms with Crippen molar-refractivity contribution < 1.29 is 29.4 Å². The zero-order valence-electron chi connectivity index (χ0n) is 17.4. The molecular formula is C18H30N6O6S. The van der Waals surface area contributed by atoms with Crippen LogP contribution in [0.3, 0.4) is 0 Å². The molecule has 12 nitrogen and oxygen atoms in total. The van der Waals surface area contributed by atoms with E-state index in [1.165, 1.54) is 12.5 Å². The van der Waals surface area contributed by atoms with Gasteiger partial charge >= 0.3 is 5.97 Å². The smallest absolute Gasteiger partial charge is 0.328 e. The van der Waals surface area contributed by atoms with Crippen LogP contribution in [-0.4, -0.2) is 80.4 Å². The normalized spacial score (nSPS) is 14.9. The zero-order chi connectivity index (χ0) is 23.6. The van der Waals surface area contributed by atoms with Crippen LogP contribution in [0, 0.1) is 5.92 Å². The maximum atomic E-state index is 12.8. The van der Waals surface area contributed by atoms with Crippen molar-refractivity contribution in [1.29, 1.82) is 0 Å². The standard InChI is InChI=1S/C18H30N6O6S/c1-9(2)3-11(19)15(26)22-12(4-10-5-20-8-21-10)16(27)24-14(7-31)17(28)23-13(6-25)18(29)30/h5,8-9,11-14,25,31H,3-4,6-7,19H2,1-2H3,(H,20,21)(H,22,26)(H,23,28)(H,24,27)(H,29,30). The summed E-state index contributed by atoms with van der Waals surface area (Å²) in [7, 11) is 0. The lowest BCUT2D eigenvalue weighted by Crippen LogP contribution is -2.58. The third-order valence-electron chi connectivity index (χ3n) is 4.29. The molecular weight excluding hydrogens is 428 g/mol. The van der Waals surface area contributed by atoms with Crippen LogP contribution in [0.15, 0.2) is 12.5 Å². The number of carboxylic acid groups (broad SMARTS) is 1. The number of rotatable bonds is 13. The molecule has 0 saturated carbocycles. The summed E-state index contributed by atoms with van der Waals surface area (Å²) in [6, 6.07) is -4.62. The first-order chi connectivity index (χ1) is 14.6. The second kappa shape index (κ2) is 12.9. The van der Waals surface area contributed by atoms with Crippen LogP contribution >= 0.6 is 12.6 Å². The van der Waals surface area contributed by atoms with Crippen LogP contribution in [0.2, 0.25) is 0 Å². The molecule has 0 radical (unpaired) electrons. The van der Waals surface area contributed by atoms with Crippen molar-refractivity contribution in [3.05, 3.63) is 18.2 Å². The number of nitrogens with two attached hydrogens (primary N) is 1. The van der Waals surface area contributed by atoms with Gasteiger partial charge in [0.2, 0.25) is 17.7 Å². The van der Waals surface area contributed by atoms with Crippen molar-refractivity contribution in [3.63, 3.8) is 0 Å². The molecule has 4 atom stereocenters. The monoisotopic (exact) mass is 458 g/mol. The number of amides is 3. The van der Waals surface area contributed by atoms with E-state index in [2.05, 4.69) is 38.5 Å². The molecule has 1 aromatic heterocycles. The van der Waals surface area contributed by atoms with Gasteiger partial charge in [-0.3, -0.25) is 14.4 Å². The number of H-pyrrole nitrogens is 1. The van der Waals surface area contributed by atoms with Crippen LogP contribution in [0.4, 0.5) is 0 Å². The SMILES string of the molecule is CC(C)CC(N)C(=O)NC(Cc1cnc[nH]1)C(=O)NC(CS)C(=O)NC(CO)C(=O)O. The summed E-state index contributed by atoms with van der Waals surface area (Å²) < 4.78 is 0. The largest absolute Gasteiger partial charge is 0.480 e. The number of carbonyl (C=O) groups is 4. The molecule has 0 fully saturated rings. The number of aliphatic hydroxyl groups is 1. The molecule has 1 heterocycles. The van der Waals surface area contributed by atoms with Crippen LogP contribution in [0.25, 0.3) is 0 Å². The molecule has 8 N–H and O–H groups in total. The lowest BCUT2D eigenvalue weighted by molar-refractivity contribution is -0.143. The molecule has 0 saturated heterocycles. The number of imidazole rings is 1. The zero-order valence-corrected chi connectivity index (χ0v) is 18.3.